The smallest absolute Gasteiger partial charge is 0.185 e. The van der Waals surface area contributed by atoms with Gasteiger partial charge >= 0.3 is 0 Å². The lowest BCUT2D eigenvalue weighted by Crippen LogP contribution is -2.16. The highest BCUT2D eigenvalue weighted by Crippen LogP contribution is 2.24. The molecule has 0 saturated carbocycles. The second-order valence-corrected chi connectivity index (χ2v) is 6.76. The van der Waals surface area contributed by atoms with E-state index in [1.54, 1.807) is 0 Å². The predicted octanol–water partition coefficient (Wildman–Crippen LogP) is 2.41. The van der Waals surface area contributed by atoms with Crippen molar-refractivity contribution in [3.8, 4) is 11.5 Å². The van der Waals surface area contributed by atoms with Gasteiger partial charge in [0.25, 0.3) is 0 Å². The van der Waals surface area contributed by atoms with E-state index in [9.17, 15) is 18.3 Å². The fourth-order valence-electron chi connectivity index (χ4n) is 1.73. The average molecular weight is 327 g/mol. The maximum Gasteiger partial charge on any atom is 0.185 e. The molecule has 7 heteroatoms. The zero-order valence-electron chi connectivity index (χ0n) is 10.7. The number of aromatic hydroxyl groups is 2. The number of hydrogen-bond donors (Lipinski definition) is 2. The predicted molar refractivity (Wildman–Crippen MR) is 77.6 cm³/mol. The fourth-order valence-corrected chi connectivity index (χ4v) is 3.08. The molecule has 0 aliphatic rings. The molecule has 0 aliphatic heterocycles. The number of phenols is 2. The number of ketones is 1. The van der Waals surface area contributed by atoms with Gasteiger partial charge in [0.05, 0.1) is 10.5 Å². The largest absolute Gasteiger partial charge is 0.508 e. The monoisotopic (exact) mass is 326 g/mol. The molecule has 0 spiro atoms. The van der Waals surface area contributed by atoms with Crippen LogP contribution in [0.15, 0.2) is 47.4 Å². The molecule has 0 atom stereocenters. The Labute approximate surface area is 126 Å². The number of hydrogen-bond acceptors (Lipinski definition) is 5. The average Bonchev–Trinajstić information content (AvgIpc) is 2.38. The van der Waals surface area contributed by atoms with Crippen LogP contribution in [-0.2, 0) is 9.84 Å². The van der Waals surface area contributed by atoms with Crippen molar-refractivity contribution in [2.75, 3.05) is 5.75 Å². The molecule has 5 nitrogen and oxygen atoms in total. The molecule has 0 radical (unpaired) electrons. The summed E-state index contributed by atoms with van der Waals surface area (Å²) in [4.78, 5) is 12.0. The van der Waals surface area contributed by atoms with Gasteiger partial charge in [0.15, 0.2) is 15.6 Å². The van der Waals surface area contributed by atoms with Crippen LogP contribution in [0, 0.1) is 0 Å². The highest BCUT2D eigenvalue weighted by molar-refractivity contribution is 7.92. The Morgan fingerprint density at radius 2 is 1.67 bits per heavy atom. The minimum Gasteiger partial charge on any atom is -0.508 e. The Morgan fingerprint density at radius 3 is 2.24 bits per heavy atom. The SMILES string of the molecule is O=C(CS(=O)(=O)c1ccc(Cl)cc1)c1ccc(O)cc1O. The van der Waals surface area contributed by atoms with Crippen LogP contribution in [0.2, 0.25) is 5.02 Å². The first-order valence-corrected chi connectivity index (χ1v) is 7.86. The highest BCUT2D eigenvalue weighted by Gasteiger charge is 2.22. The highest BCUT2D eigenvalue weighted by atomic mass is 35.5. The van der Waals surface area contributed by atoms with Crippen LogP contribution in [0.1, 0.15) is 10.4 Å². The Kier molecular flexibility index (Phi) is 4.20. The van der Waals surface area contributed by atoms with Gasteiger partial charge in [-0.3, -0.25) is 4.79 Å². The molecule has 110 valence electrons. The molecule has 0 unspecified atom stereocenters. The number of phenolic OH excluding ortho intramolecular Hbond substituents is 2. The first-order chi connectivity index (χ1) is 9.79. The van der Waals surface area contributed by atoms with Gasteiger partial charge in [0, 0.05) is 11.1 Å². The molecule has 0 saturated heterocycles. The third kappa shape index (κ3) is 3.53. The summed E-state index contributed by atoms with van der Waals surface area (Å²) in [6, 6.07) is 8.78. The summed E-state index contributed by atoms with van der Waals surface area (Å²) in [5.41, 5.74) is -0.162. The van der Waals surface area contributed by atoms with Crippen molar-refractivity contribution in [1.29, 1.82) is 0 Å². The minimum absolute atomic E-state index is 0.0291. The summed E-state index contributed by atoms with van der Waals surface area (Å²) in [7, 11) is -3.83. The van der Waals surface area contributed by atoms with Crippen LogP contribution in [0.3, 0.4) is 0 Å². The van der Waals surface area contributed by atoms with Crippen LogP contribution < -0.4 is 0 Å². The molecule has 21 heavy (non-hydrogen) atoms. The molecule has 0 fully saturated rings. The van der Waals surface area contributed by atoms with Crippen LogP contribution in [-0.4, -0.2) is 30.2 Å². The Balaban J connectivity index is 2.28. The standard InChI is InChI=1S/C14H11ClO5S/c15-9-1-4-11(5-2-9)21(19,20)8-14(18)12-6-3-10(16)7-13(12)17/h1-7,16-17H,8H2. The van der Waals surface area contributed by atoms with Gasteiger partial charge in [-0.1, -0.05) is 11.6 Å². The van der Waals surface area contributed by atoms with Gasteiger partial charge in [-0.25, -0.2) is 8.42 Å². The van der Waals surface area contributed by atoms with Crippen molar-refractivity contribution in [2.45, 2.75) is 4.90 Å². The molecular formula is C14H11ClO5S. The maximum absolute atomic E-state index is 12.1. The lowest BCUT2D eigenvalue weighted by atomic mass is 10.1. The van der Waals surface area contributed by atoms with E-state index in [1.165, 1.54) is 36.4 Å². The number of Topliss-reactive ketones (excluding diaryl/α,β-unsaturated/α-hetero) is 1. The molecule has 2 aromatic carbocycles. The number of benzene rings is 2. The van der Waals surface area contributed by atoms with Gasteiger partial charge < -0.3 is 10.2 Å². The first kappa shape index (κ1) is 15.3. The second-order valence-electron chi connectivity index (χ2n) is 4.34. The van der Waals surface area contributed by atoms with Crippen molar-refractivity contribution < 1.29 is 23.4 Å². The number of sulfone groups is 1. The van der Waals surface area contributed by atoms with E-state index >= 15 is 0 Å². The molecule has 0 aliphatic carbocycles. The lowest BCUT2D eigenvalue weighted by Gasteiger charge is -2.06. The minimum atomic E-state index is -3.83. The fraction of sp³-hybridized carbons (Fsp3) is 0.0714. The molecule has 0 aromatic heterocycles. The maximum atomic E-state index is 12.1. The van der Waals surface area contributed by atoms with Gasteiger partial charge in [0.1, 0.15) is 17.3 Å². The lowest BCUT2D eigenvalue weighted by molar-refractivity contribution is 0.101. The van der Waals surface area contributed by atoms with Crippen molar-refractivity contribution in [3.05, 3.63) is 53.1 Å². The molecule has 0 amide bonds. The van der Waals surface area contributed by atoms with E-state index < -0.39 is 27.1 Å². The molecule has 0 bridgehead atoms. The summed E-state index contributed by atoms with van der Waals surface area (Å²) in [5.74, 6) is -2.23. The van der Waals surface area contributed by atoms with Crippen LogP contribution in [0.25, 0.3) is 0 Å². The molecule has 0 heterocycles. The van der Waals surface area contributed by atoms with Crippen molar-refractivity contribution in [3.63, 3.8) is 0 Å². The van der Waals surface area contributed by atoms with E-state index in [4.69, 9.17) is 16.7 Å². The second kappa shape index (κ2) is 5.75. The third-order valence-electron chi connectivity index (χ3n) is 2.78. The molecule has 2 N–H and O–H groups in total. The third-order valence-corrected chi connectivity index (χ3v) is 4.66. The summed E-state index contributed by atoms with van der Waals surface area (Å²) < 4.78 is 24.2. The zero-order valence-corrected chi connectivity index (χ0v) is 12.2. The number of carbonyl (C=O) groups excluding carboxylic acids is 1. The van der Waals surface area contributed by atoms with Gasteiger partial charge in [-0.2, -0.15) is 0 Å². The summed E-state index contributed by atoms with van der Waals surface area (Å²) >= 11 is 5.68. The van der Waals surface area contributed by atoms with E-state index in [2.05, 4.69) is 0 Å². The van der Waals surface area contributed by atoms with Crippen LogP contribution >= 0.6 is 11.6 Å². The first-order valence-electron chi connectivity index (χ1n) is 5.83. The van der Waals surface area contributed by atoms with E-state index in [0.29, 0.717) is 5.02 Å². The normalized spacial score (nSPS) is 11.3. The van der Waals surface area contributed by atoms with Crippen molar-refractivity contribution in [1.82, 2.24) is 0 Å². The summed E-state index contributed by atoms with van der Waals surface area (Å²) in [6.45, 7) is 0. The molecular weight excluding hydrogens is 316 g/mol. The number of rotatable bonds is 4. The summed E-state index contributed by atoms with van der Waals surface area (Å²) in [5, 5.41) is 19.1. The van der Waals surface area contributed by atoms with Crippen LogP contribution in [0.5, 0.6) is 11.5 Å². The number of halogens is 1. The van der Waals surface area contributed by atoms with Gasteiger partial charge in [0.2, 0.25) is 0 Å². The van der Waals surface area contributed by atoms with E-state index in [-0.39, 0.29) is 16.2 Å². The Morgan fingerprint density at radius 1 is 1.05 bits per heavy atom. The van der Waals surface area contributed by atoms with E-state index in [1.807, 2.05) is 0 Å². The summed E-state index contributed by atoms with van der Waals surface area (Å²) in [6.07, 6.45) is 0. The van der Waals surface area contributed by atoms with Crippen molar-refractivity contribution >= 4 is 27.2 Å². The topological polar surface area (TPSA) is 91.7 Å². The molecule has 2 aromatic rings. The van der Waals surface area contributed by atoms with Crippen molar-refractivity contribution in [2.24, 2.45) is 0 Å². The van der Waals surface area contributed by atoms with Crippen LogP contribution in [0.4, 0.5) is 0 Å². The van der Waals surface area contributed by atoms with Gasteiger partial charge in [-0.15, -0.1) is 0 Å². The quantitative estimate of drug-likeness (QED) is 0.842. The molecule has 2 rings (SSSR count). The van der Waals surface area contributed by atoms with E-state index in [0.717, 1.165) is 6.07 Å². The Hall–Kier alpha value is -2.05. The van der Waals surface area contributed by atoms with Gasteiger partial charge in [-0.05, 0) is 36.4 Å². The number of carbonyl (C=O) groups is 1. The zero-order chi connectivity index (χ0) is 15.6. The Bertz CT molecular complexity index is 782.